The van der Waals surface area contributed by atoms with Crippen LogP contribution in [-0.4, -0.2) is 12.1 Å². The number of halogens is 1. The SMILES string of the molecule is CC1(C)Cc2c(Cl)cccc2C(C2CNc3ccccc3C2)N1. The Bertz CT molecular complexity index is 738. The number of nitrogens with one attached hydrogen (secondary N) is 2. The van der Waals surface area contributed by atoms with Gasteiger partial charge in [0.15, 0.2) is 0 Å². The minimum absolute atomic E-state index is 0.0691. The van der Waals surface area contributed by atoms with Crippen LogP contribution in [0.25, 0.3) is 0 Å². The summed E-state index contributed by atoms with van der Waals surface area (Å²) in [6.07, 6.45) is 2.08. The van der Waals surface area contributed by atoms with Crippen LogP contribution < -0.4 is 10.6 Å². The van der Waals surface area contributed by atoms with Crippen molar-refractivity contribution in [2.24, 2.45) is 5.92 Å². The molecule has 2 aliphatic heterocycles. The molecule has 2 aromatic rings. The highest BCUT2D eigenvalue weighted by molar-refractivity contribution is 6.31. The van der Waals surface area contributed by atoms with Gasteiger partial charge in [-0.05, 0) is 61.4 Å². The predicted octanol–water partition coefficient (Wildman–Crippen LogP) is 4.59. The Hall–Kier alpha value is -1.51. The van der Waals surface area contributed by atoms with Crippen LogP contribution in [0.3, 0.4) is 0 Å². The Labute approximate surface area is 143 Å². The van der Waals surface area contributed by atoms with E-state index < -0.39 is 0 Å². The summed E-state index contributed by atoms with van der Waals surface area (Å²) in [6.45, 7) is 5.55. The van der Waals surface area contributed by atoms with E-state index in [1.165, 1.54) is 22.4 Å². The van der Waals surface area contributed by atoms with Crippen molar-refractivity contribution in [3.63, 3.8) is 0 Å². The fourth-order valence-corrected chi connectivity index (χ4v) is 4.37. The van der Waals surface area contributed by atoms with E-state index in [4.69, 9.17) is 11.6 Å². The largest absolute Gasteiger partial charge is 0.384 e. The minimum atomic E-state index is 0.0691. The molecule has 2 nitrogen and oxygen atoms in total. The maximum Gasteiger partial charge on any atom is 0.0442 e. The van der Waals surface area contributed by atoms with Gasteiger partial charge < -0.3 is 10.6 Å². The smallest absolute Gasteiger partial charge is 0.0442 e. The first-order valence-corrected chi connectivity index (χ1v) is 8.78. The van der Waals surface area contributed by atoms with Crippen molar-refractivity contribution in [3.05, 3.63) is 64.2 Å². The van der Waals surface area contributed by atoms with Crippen molar-refractivity contribution in [2.45, 2.75) is 38.3 Å². The Morgan fingerprint density at radius 3 is 2.78 bits per heavy atom. The van der Waals surface area contributed by atoms with Crippen LogP contribution in [0.1, 0.15) is 36.6 Å². The minimum Gasteiger partial charge on any atom is -0.384 e. The van der Waals surface area contributed by atoms with Gasteiger partial charge in [-0.1, -0.05) is 41.9 Å². The van der Waals surface area contributed by atoms with Crippen LogP contribution in [0.4, 0.5) is 5.69 Å². The van der Waals surface area contributed by atoms with Gasteiger partial charge in [-0.25, -0.2) is 0 Å². The van der Waals surface area contributed by atoms with E-state index in [9.17, 15) is 0 Å². The quantitative estimate of drug-likeness (QED) is 0.801. The van der Waals surface area contributed by atoms with Crippen LogP contribution in [-0.2, 0) is 12.8 Å². The summed E-state index contributed by atoms with van der Waals surface area (Å²) in [5.41, 5.74) is 5.46. The van der Waals surface area contributed by atoms with Gasteiger partial charge in [0.05, 0.1) is 0 Å². The lowest BCUT2D eigenvalue weighted by atomic mass is 9.76. The standard InChI is InChI=1S/C20H23ClN2/c1-20(2)11-16-15(7-5-8-17(16)21)19(23-20)14-10-13-6-3-4-9-18(13)22-12-14/h3-9,14,19,22-23H,10-12H2,1-2H3. The molecule has 2 aliphatic rings. The predicted molar refractivity (Wildman–Crippen MR) is 97.2 cm³/mol. The Morgan fingerprint density at radius 2 is 1.91 bits per heavy atom. The molecule has 0 amide bonds. The summed E-state index contributed by atoms with van der Waals surface area (Å²) in [6, 6.07) is 15.3. The zero-order valence-corrected chi connectivity index (χ0v) is 14.5. The van der Waals surface area contributed by atoms with Gasteiger partial charge in [0.25, 0.3) is 0 Å². The summed E-state index contributed by atoms with van der Waals surface area (Å²) in [5.74, 6) is 0.529. The number of benzene rings is 2. The molecule has 3 heteroatoms. The number of rotatable bonds is 1. The first-order chi connectivity index (χ1) is 11.0. The van der Waals surface area contributed by atoms with Gasteiger partial charge in [0.2, 0.25) is 0 Å². The lowest BCUT2D eigenvalue weighted by molar-refractivity contribution is 0.249. The van der Waals surface area contributed by atoms with Crippen molar-refractivity contribution in [1.29, 1.82) is 0 Å². The first kappa shape index (κ1) is 15.0. The van der Waals surface area contributed by atoms with E-state index in [0.717, 1.165) is 24.4 Å². The summed E-state index contributed by atoms with van der Waals surface area (Å²) >= 11 is 6.51. The second kappa shape index (κ2) is 5.54. The molecule has 0 aromatic heterocycles. The molecule has 0 fully saturated rings. The lowest BCUT2D eigenvalue weighted by Crippen LogP contribution is -2.51. The molecular formula is C20H23ClN2. The van der Waals surface area contributed by atoms with E-state index in [2.05, 4.69) is 60.9 Å². The van der Waals surface area contributed by atoms with Gasteiger partial charge in [-0.3, -0.25) is 0 Å². The molecule has 4 rings (SSSR count). The molecule has 0 aliphatic carbocycles. The van der Waals surface area contributed by atoms with Crippen molar-refractivity contribution in [1.82, 2.24) is 5.32 Å². The van der Waals surface area contributed by atoms with Crippen molar-refractivity contribution >= 4 is 17.3 Å². The van der Waals surface area contributed by atoms with Crippen LogP contribution in [0.5, 0.6) is 0 Å². The molecule has 0 saturated heterocycles. The van der Waals surface area contributed by atoms with E-state index >= 15 is 0 Å². The average Bonchev–Trinajstić information content (AvgIpc) is 2.54. The van der Waals surface area contributed by atoms with Crippen LogP contribution >= 0.6 is 11.6 Å². The summed E-state index contributed by atoms with van der Waals surface area (Å²) in [5, 5.41) is 8.40. The number of para-hydroxylation sites is 1. The van der Waals surface area contributed by atoms with Crippen LogP contribution in [0.2, 0.25) is 5.02 Å². The lowest BCUT2D eigenvalue weighted by Gasteiger charge is -2.44. The normalized spacial score (nSPS) is 25.2. The second-order valence-electron chi connectivity index (χ2n) is 7.49. The molecule has 0 spiro atoms. The Kier molecular flexibility index (Phi) is 3.62. The van der Waals surface area contributed by atoms with Crippen LogP contribution in [0.15, 0.2) is 42.5 Å². The third-order valence-electron chi connectivity index (χ3n) is 5.18. The molecule has 120 valence electrons. The van der Waals surface area contributed by atoms with Gasteiger partial charge in [0, 0.05) is 28.8 Å². The molecule has 0 radical (unpaired) electrons. The van der Waals surface area contributed by atoms with Gasteiger partial charge in [-0.15, -0.1) is 0 Å². The highest BCUT2D eigenvalue weighted by Crippen LogP contribution is 2.40. The molecule has 2 unspecified atom stereocenters. The molecule has 2 aromatic carbocycles. The Morgan fingerprint density at radius 1 is 1.09 bits per heavy atom. The average molecular weight is 327 g/mol. The van der Waals surface area contributed by atoms with Crippen molar-refractivity contribution in [3.8, 4) is 0 Å². The number of hydrogen-bond acceptors (Lipinski definition) is 2. The molecule has 2 heterocycles. The van der Waals surface area contributed by atoms with Crippen LogP contribution in [0, 0.1) is 5.92 Å². The number of anilines is 1. The summed E-state index contributed by atoms with van der Waals surface area (Å²) in [7, 11) is 0. The fraction of sp³-hybridized carbons (Fsp3) is 0.400. The number of hydrogen-bond donors (Lipinski definition) is 2. The van der Waals surface area contributed by atoms with Gasteiger partial charge in [-0.2, -0.15) is 0 Å². The molecule has 23 heavy (non-hydrogen) atoms. The zero-order valence-electron chi connectivity index (χ0n) is 13.7. The summed E-state index contributed by atoms with van der Waals surface area (Å²) in [4.78, 5) is 0. The zero-order chi connectivity index (χ0) is 16.0. The molecule has 2 N–H and O–H groups in total. The van der Waals surface area contributed by atoms with Gasteiger partial charge in [0.1, 0.15) is 0 Å². The number of fused-ring (bicyclic) bond motifs is 2. The molecule has 0 bridgehead atoms. The monoisotopic (exact) mass is 326 g/mol. The Balaban J connectivity index is 1.71. The molecule has 0 saturated carbocycles. The van der Waals surface area contributed by atoms with Crippen molar-refractivity contribution in [2.75, 3.05) is 11.9 Å². The first-order valence-electron chi connectivity index (χ1n) is 8.40. The third-order valence-corrected chi connectivity index (χ3v) is 5.53. The second-order valence-corrected chi connectivity index (χ2v) is 7.90. The van der Waals surface area contributed by atoms with Gasteiger partial charge >= 0.3 is 0 Å². The molecule has 2 atom stereocenters. The van der Waals surface area contributed by atoms with E-state index in [1.807, 2.05) is 6.07 Å². The summed E-state index contributed by atoms with van der Waals surface area (Å²) < 4.78 is 0. The van der Waals surface area contributed by atoms with Crippen molar-refractivity contribution < 1.29 is 0 Å². The van der Waals surface area contributed by atoms with E-state index in [0.29, 0.717) is 12.0 Å². The highest BCUT2D eigenvalue weighted by atomic mass is 35.5. The maximum atomic E-state index is 6.51. The highest BCUT2D eigenvalue weighted by Gasteiger charge is 2.37. The van der Waals surface area contributed by atoms with E-state index in [-0.39, 0.29) is 5.54 Å². The van der Waals surface area contributed by atoms with E-state index in [1.54, 1.807) is 0 Å². The third kappa shape index (κ3) is 2.75. The molecular weight excluding hydrogens is 304 g/mol. The topological polar surface area (TPSA) is 24.1 Å². The maximum absolute atomic E-state index is 6.51. The fourth-order valence-electron chi connectivity index (χ4n) is 4.12.